The SMILES string of the molecule is CC(C)(C)OC(=O)Nc1cc(Cl)nc(Cl)n1. The van der Waals surface area contributed by atoms with Gasteiger partial charge in [0.2, 0.25) is 5.28 Å². The number of aromatic nitrogens is 2. The van der Waals surface area contributed by atoms with Crippen LogP contribution < -0.4 is 5.32 Å². The van der Waals surface area contributed by atoms with Gasteiger partial charge in [0.25, 0.3) is 0 Å². The van der Waals surface area contributed by atoms with Gasteiger partial charge in [0.15, 0.2) is 0 Å². The Morgan fingerprint density at radius 2 is 2.00 bits per heavy atom. The third-order valence-corrected chi connectivity index (χ3v) is 1.66. The molecule has 16 heavy (non-hydrogen) atoms. The van der Waals surface area contributed by atoms with Crippen molar-refractivity contribution in [1.29, 1.82) is 0 Å². The van der Waals surface area contributed by atoms with Crippen molar-refractivity contribution in [3.05, 3.63) is 16.5 Å². The lowest BCUT2D eigenvalue weighted by Gasteiger charge is -2.19. The summed E-state index contributed by atoms with van der Waals surface area (Å²) in [4.78, 5) is 18.8. The van der Waals surface area contributed by atoms with E-state index in [0.717, 1.165) is 0 Å². The molecule has 0 aliphatic rings. The topological polar surface area (TPSA) is 64.1 Å². The minimum atomic E-state index is -0.627. The number of halogens is 2. The van der Waals surface area contributed by atoms with Gasteiger partial charge in [-0.15, -0.1) is 0 Å². The summed E-state index contributed by atoms with van der Waals surface area (Å²) >= 11 is 11.2. The number of amides is 1. The molecule has 1 rings (SSSR count). The van der Waals surface area contributed by atoms with Crippen molar-refractivity contribution in [3.63, 3.8) is 0 Å². The van der Waals surface area contributed by atoms with Crippen molar-refractivity contribution in [3.8, 4) is 0 Å². The van der Waals surface area contributed by atoms with E-state index in [2.05, 4.69) is 15.3 Å². The molecule has 1 N–H and O–H groups in total. The minimum Gasteiger partial charge on any atom is -0.444 e. The summed E-state index contributed by atoms with van der Waals surface area (Å²) in [5.41, 5.74) is -0.579. The van der Waals surface area contributed by atoms with E-state index < -0.39 is 11.7 Å². The smallest absolute Gasteiger partial charge is 0.413 e. The first-order valence-electron chi connectivity index (χ1n) is 4.46. The van der Waals surface area contributed by atoms with E-state index >= 15 is 0 Å². The lowest BCUT2D eigenvalue weighted by molar-refractivity contribution is 0.0635. The molecule has 1 aromatic rings. The van der Waals surface area contributed by atoms with Crippen LogP contribution in [0.2, 0.25) is 10.4 Å². The molecule has 88 valence electrons. The second-order valence-corrected chi connectivity index (χ2v) is 4.70. The van der Waals surface area contributed by atoms with Gasteiger partial charge in [-0.2, -0.15) is 0 Å². The van der Waals surface area contributed by atoms with E-state index in [1.165, 1.54) is 6.07 Å². The highest BCUT2D eigenvalue weighted by Gasteiger charge is 2.16. The van der Waals surface area contributed by atoms with Gasteiger partial charge in [-0.25, -0.2) is 14.8 Å². The molecule has 0 spiro atoms. The normalized spacial score (nSPS) is 11.1. The van der Waals surface area contributed by atoms with Gasteiger partial charge < -0.3 is 4.74 Å². The molecular formula is C9H11Cl2N3O2. The van der Waals surface area contributed by atoms with Crippen LogP contribution in [0.1, 0.15) is 20.8 Å². The van der Waals surface area contributed by atoms with E-state index in [0.29, 0.717) is 0 Å². The van der Waals surface area contributed by atoms with E-state index in [1.807, 2.05) is 0 Å². The molecule has 0 aliphatic carbocycles. The first kappa shape index (κ1) is 13.0. The number of carbonyl (C=O) groups is 1. The standard InChI is InChI=1S/C9H11Cl2N3O2/c1-9(2,3)16-8(15)14-6-4-5(10)12-7(11)13-6/h4H,1-3H3,(H,12,13,14,15). The quantitative estimate of drug-likeness (QED) is 0.625. The van der Waals surface area contributed by atoms with Crippen LogP contribution in [0.4, 0.5) is 10.6 Å². The Hall–Kier alpha value is -1.07. The molecule has 1 aromatic heterocycles. The molecular weight excluding hydrogens is 253 g/mol. The first-order chi connectivity index (χ1) is 7.26. The number of ether oxygens (including phenoxy) is 1. The predicted octanol–water partition coefficient (Wildman–Crippen LogP) is 3.13. The number of nitrogens with zero attached hydrogens (tertiary/aromatic N) is 2. The van der Waals surface area contributed by atoms with Gasteiger partial charge in [-0.3, -0.25) is 5.32 Å². The summed E-state index contributed by atoms with van der Waals surface area (Å²) in [5, 5.41) is 2.50. The highest BCUT2D eigenvalue weighted by Crippen LogP contribution is 2.15. The van der Waals surface area contributed by atoms with E-state index in [-0.39, 0.29) is 16.3 Å². The molecule has 0 unspecified atom stereocenters. The van der Waals surface area contributed by atoms with Crippen LogP contribution in [0, 0.1) is 0 Å². The highest BCUT2D eigenvalue weighted by molar-refractivity contribution is 6.32. The largest absolute Gasteiger partial charge is 0.444 e. The lowest BCUT2D eigenvalue weighted by atomic mass is 10.2. The number of carbonyl (C=O) groups excluding carboxylic acids is 1. The Balaban J connectivity index is 2.70. The van der Waals surface area contributed by atoms with Crippen LogP contribution in [0.5, 0.6) is 0 Å². The zero-order valence-corrected chi connectivity index (χ0v) is 10.6. The fourth-order valence-corrected chi connectivity index (χ4v) is 1.27. The van der Waals surface area contributed by atoms with Gasteiger partial charge >= 0.3 is 6.09 Å². The maximum atomic E-state index is 11.4. The van der Waals surface area contributed by atoms with Crippen LogP contribution >= 0.6 is 23.2 Å². The molecule has 0 fully saturated rings. The molecule has 0 saturated heterocycles. The van der Waals surface area contributed by atoms with Gasteiger partial charge in [-0.1, -0.05) is 11.6 Å². The van der Waals surface area contributed by atoms with Gasteiger partial charge in [-0.05, 0) is 32.4 Å². The average Bonchev–Trinajstić information content (AvgIpc) is 1.96. The Labute approximate surface area is 103 Å². The van der Waals surface area contributed by atoms with E-state index in [4.69, 9.17) is 27.9 Å². The molecule has 0 aromatic carbocycles. The number of anilines is 1. The second-order valence-electron chi connectivity index (χ2n) is 3.97. The summed E-state index contributed by atoms with van der Waals surface area (Å²) in [6, 6.07) is 1.37. The second kappa shape index (κ2) is 4.84. The molecule has 1 heterocycles. The Bertz CT molecular complexity index is 384. The lowest BCUT2D eigenvalue weighted by Crippen LogP contribution is -2.27. The average molecular weight is 264 g/mol. The summed E-state index contributed by atoms with van der Waals surface area (Å²) in [6.45, 7) is 5.27. The van der Waals surface area contributed by atoms with Crippen molar-refractivity contribution in [2.45, 2.75) is 26.4 Å². The molecule has 0 radical (unpaired) electrons. The molecule has 0 saturated carbocycles. The summed E-state index contributed by atoms with van der Waals surface area (Å²) < 4.78 is 5.02. The number of hydrogen-bond donors (Lipinski definition) is 1. The molecule has 0 atom stereocenters. The van der Waals surface area contributed by atoms with Crippen LogP contribution in [0.3, 0.4) is 0 Å². The predicted molar refractivity (Wildman–Crippen MR) is 61.9 cm³/mol. The third kappa shape index (κ3) is 4.63. The van der Waals surface area contributed by atoms with E-state index in [1.54, 1.807) is 20.8 Å². The Morgan fingerprint density at radius 1 is 1.38 bits per heavy atom. The van der Waals surface area contributed by atoms with Crippen LogP contribution in [-0.2, 0) is 4.74 Å². The van der Waals surface area contributed by atoms with Crippen molar-refractivity contribution >= 4 is 35.1 Å². The van der Waals surface area contributed by atoms with Crippen molar-refractivity contribution in [2.75, 3.05) is 5.32 Å². The van der Waals surface area contributed by atoms with E-state index in [9.17, 15) is 4.79 Å². The van der Waals surface area contributed by atoms with Gasteiger partial charge in [0.1, 0.15) is 16.6 Å². The van der Waals surface area contributed by atoms with Crippen LogP contribution in [0.25, 0.3) is 0 Å². The monoisotopic (exact) mass is 263 g/mol. The number of hydrogen-bond acceptors (Lipinski definition) is 4. The van der Waals surface area contributed by atoms with Crippen molar-refractivity contribution in [2.24, 2.45) is 0 Å². The summed E-state index contributed by atoms with van der Waals surface area (Å²) in [7, 11) is 0. The number of nitrogens with one attached hydrogen (secondary N) is 1. The highest BCUT2D eigenvalue weighted by atomic mass is 35.5. The van der Waals surface area contributed by atoms with Gasteiger partial charge in [0, 0.05) is 6.07 Å². The zero-order chi connectivity index (χ0) is 12.3. The van der Waals surface area contributed by atoms with Crippen LogP contribution in [-0.4, -0.2) is 21.7 Å². The van der Waals surface area contributed by atoms with Crippen LogP contribution in [0.15, 0.2) is 6.07 Å². The Morgan fingerprint density at radius 3 is 2.50 bits per heavy atom. The number of rotatable bonds is 1. The maximum Gasteiger partial charge on any atom is 0.413 e. The molecule has 5 nitrogen and oxygen atoms in total. The maximum absolute atomic E-state index is 11.4. The molecule has 7 heteroatoms. The fraction of sp³-hybridized carbons (Fsp3) is 0.444. The summed E-state index contributed by atoms with van der Waals surface area (Å²) in [5.74, 6) is 0.194. The minimum absolute atomic E-state index is 0.0430. The molecule has 0 aliphatic heterocycles. The fourth-order valence-electron chi connectivity index (χ4n) is 0.862. The van der Waals surface area contributed by atoms with Gasteiger partial charge in [0.05, 0.1) is 0 Å². The Kier molecular flexibility index (Phi) is 3.93. The zero-order valence-electron chi connectivity index (χ0n) is 9.04. The third-order valence-electron chi connectivity index (χ3n) is 1.30. The summed E-state index contributed by atoms with van der Waals surface area (Å²) in [6.07, 6.45) is -0.627. The molecule has 0 bridgehead atoms. The van der Waals surface area contributed by atoms with Crippen molar-refractivity contribution < 1.29 is 9.53 Å². The molecule has 1 amide bonds. The van der Waals surface area contributed by atoms with Crippen molar-refractivity contribution in [1.82, 2.24) is 9.97 Å². The first-order valence-corrected chi connectivity index (χ1v) is 5.22.